The Balaban J connectivity index is 0.919. The summed E-state index contributed by atoms with van der Waals surface area (Å²) in [7, 11) is 0. The Labute approximate surface area is 268 Å². The van der Waals surface area contributed by atoms with Crippen molar-refractivity contribution in [1.82, 2.24) is 21.3 Å². The van der Waals surface area contributed by atoms with Gasteiger partial charge in [-0.15, -0.1) is 0 Å². The highest BCUT2D eigenvalue weighted by Gasteiger charge is 2.33. The minimum atomic E-state index is -0.469. The summed E-state index contributed by atoms with van der Waals surface area (Å²) >= 11 is 0. The molecule has 0 radical (unpaired) electrons. The van der Waals surface area contributed by atoms with Crippen LogP contribution in [0, 0.1) is 0 Å². The molecule has 4 rings (SSSR count). The number of benzene rings is 1. The summed E-state index contributed by atoms with van der Waals surface area (Å²) in [5.41, 5.74) is 0.0435. The lowest BCUT2D eigenvalue weighted by atomic mass is 10.1. The highest BCUT2D eigenvalue weighted by Crippen LogP contribution is 2.35. The molecule has 250 valence electrons. The van der Waals surface area contributed by atoms with E-state index in [1.165, 1.54) is 6.07 Å². The fraction of sp³-hybridized carbons (Fsp3) is 0.576. The fourth-order valence-electron chi connectivity index (χ4n) is 4.93. The zero-order chi connectivity index (χ0) is 32.6. The second kappa shape index (κ2) is 18.0. The molecule has 0 spiro atoms. The number of unbranched alkanes of at least 4 members (excludes halogenated alkanes) is 3. The lowest BCUT2D eigenvalue weighted by Crippen LogP contribution is -2.28. The van der Waals surface area contributed by atoms with Gasteiger partial charge >= 0.3 is 5.63 Å². The Bertz CT molecular complexity index is 1530. The van der Waals surface area contributed by atoms with Gasteiger partial charge in [0.1, 0.15) is 0 Å². The van der Waals surface area contributed by atoms with Gasteiger partial charge in [0.25, 0.3) is 0 Å². The molecule has 0 saturated carbocycles. The van der Waals surface area contributed by atoms with Crippen LogP contribution in [0.2, 0.25) is 0 Å². The summed E-state index contributed by atoms with van der Waals surface area (Å²) in [6, 6.07) is 6.74. The summed E-state index contributed by atoms with van der Waals surface area (Å²) in [6.45, 7) is 5.72. The third-order valence-electron chi connectivity index (χ3n) is 7.70. The number of ether oxygens (including phenoxy) is 1. The zero-order valence-corrected chi connectivity index (χ0v) is 26.7. The minimum absolute atomic E-state index is 0.0289. The average Bonchev–Trinajstić information content (AvgIpc) is 3.59. The Morgan fingerprint density at radius 1 is 0.739 bits per heavy atom. The molecule has 13 heteroatoms. The molecule has 46 heavy (non-hydrogen) atoms. The maximum absolute atomic E-state index is 12.2. The SMILES string of the molecule is CC1(CCC(=O)NCCCCCC(=O)NCCCCNCCCNC(=O)CCCOc2c3occc3cc3ccc(=O)oc23)N=N1. The van der Waals surface area contributed by atoms with E-state index in [2.05, 4.69) is 31.5 Å². The molecule has 3 amide bonds. The van der Waals surface area contributed by atoms with Crippen molar-refractivity contribution < 1.29 is 28.0 Å². The van der Waals surface area contributed by atoms with Crippen LogP contribution in [0.5, 0.6) is 5.75 Å². The minimum Gasteiger partial charge on any atom is -0.486 e. The van der Waals surface area contributed by atoms with Gasteiger partial charge in [-0.05, 0) is 76.7 Å². The van der Waals surface area contributed by atoms with E-state index < -0.39 is 5.63 Å². The smallest absolute Gasteiger partial charge is 0.336 e. The first-order valence-electron chi connectivity index (χ1n) is 16.3. The van der Waals surface area contributed by atoms with Crippen LogP contribution < -0.4 is 31.6 Å². The van der Waals surface area contributed by atoms with Crippen molar-refractivity contribution in [2.75, 3.05) is 39.3 Å². The number of amides is 3. The van der Waals surface area contributed by atoms with Gasteiger partial charge in [-0.1, -0.05) is 6.42 Å². The number of furan rings is 1. The number of carbonyl (C=O) groups excluding carboxylic acids is 3. The van der Waals surface area contributed by atoms with Gasteiger partial charge in [-0.25, -0.2) is 4.79 Å². The van der Waals surface area contributed by atoms with Gasteiger partial charge in [-0.2, -0.15) is 10.2 Å². The van der Waals surface area contributed by atoms with E-state index in [1.807, 2.05) is 19.1 Å². The van der Waals surface area contributed by atoms with Gasteiger partial charge in [0.2, 0.25) is 23.5 Å². The Hall–Kier alpha value is -4.26. The van der Waals surface area contributed by atoms with E-state index in [4.69, 9.17) is 13.6 Å². The Kier molecular flexibility index (Phi) is 13.6. The van der Waals surface area contributed by atoms with Gasteiger partial charge in [0.15, 0.2) is 16.8 Å². The normalized spacial score (nSPS) is 13.2. The van der Waals surface area contributed by atoms with Crippen LogP contribution in [-0.2, 0) is 14.4 Å². The van der Waals surface area contributed by atoms with Crippen molar-refractivity contribution in [2.45, 2.75) is 83.2 Å². The molecule has 0 saturated heterocycles. The zero-order valence-electron chi connectivity index (χ0n) is 26.7. The second-order valence-corrected chi connectivity index (χ2v) is 11.8. The van der Waals surface area contributed by atoms with Crippen LogP contribution in [0.3, 0.4) is 0 Å². The molecule has 0 atom stereocenters. The molecule has 3 heterocycles. The summed E-state index contributed by atoms with van der Waals surface area (Å²) in [5.74, 6) is 0.432. The van der Waals surface area contributed by atoms with Crippen LogP contribution >= 0.6 is 0 Å². The molecular weight excluding hydrogens is 592 g/mol. The van der Waals surface area contributed by atoms with Gasteiger partial charge < -0.3 is 34.8 Å². The van der Waals surface area contributed by atoms with E-state index in [0.717, 1.165) is 62.4 Å². The second-order valence-electron chi connectivity index (χ2n) is 11.8. The lowest BCUT2D eigenvalue weighted by Gasteiger charge is -2.10. The van der Waals surface area contributed by atoms with Crippen molar-refractivity contribution in [3.8, 4) is 5.75 Å². The quantitative estimate of drug-likeness (QED) is 0.0876. The van der Waals surface area contributed by atoms with Gasteiger partial charge in [-0.3, -0.25) is 14.4 Å². The Morgan fingerprint density at radius 2 is 1.37 bits per heavy atom. The van der Waals surface area contributed by atoms with E-state index in [1.54, 1.807) is 12.3 Å². The molecule has 1 aliphatic rings. The van der Waals surface area contributed by atoms with Crippen LogP contribution in [0.1, 0.15) is 77.6 Å². The molecule has 13 nitrogen and oxygen atoms in total. The van der Waals surface area contributed by atoms with E-state index in [0.29, 0.717) is 68.7 Å². The molecule has 1 aromatic carbocycles. The molecule has 4 N–H and O–H groups in total. The monoisotopic (exact) mass is 638 g/mol. The van der Waals surface area contributed by atoms with Crippen molar-refractivity contribution >= 4 is 39.7 Å². The van der Waals surface area contributed by atoms with Crippen LogP contribution in [0.25, 0.3) is 21.9 Å². The summed E-state index contributed by atoms with van der Waals surface area (Å²) in [4.78, 5) is 47.7. The first-order chi connectivity index (χ1) is 22.3. The number of nitrogens with zero attached hydrogens (tertiary/aromatic N) is 2. The van der Waals surface area contributed by atoms with Crippen molar-refractivity contribution in [3.05, 3.63) is 40.9 Å². The summed E-state index contributed by atoms with van der Waals surface area (Å²) in [5, 5.41) is 21.6. The molecule has 2 aromatic heterocycles. The molecule has 0 fully saturated rings. The summed E-state index contributed by atoms with van der Waals surface area (Å²) in [6.07, 6.45) is 9.23. The highest BCUT2D eigenvalue weighted by molar-refractivity contribution is 5.99. The third kappa shape index (κ3) is 11.9. The van der Waals surface area contributed by atoms with Gasteiger partial charge in [0.05, 0.1) is 12.9 Å². The van der Waals surface area contributed by atoms with Crippen LogP contribution in [-0.4, -0.2) is 62.7 Å². The maximum atomic E-state index is 12.2. The van der Waals surface area contributed by atoms with Crippen LogP contribution in [0.15, 0.2) is 54.4 Å². The third-order valence-corrected chi connectivity index (χ3v) is 7.70. The topological polar surface area (TPSA) is 177 Å². The molecule has 3 aromatic rings. The Morgan fingerprint density at radius 3 is 2.13 bits per heavy atom. The molecular formula is C33H46N6O7. The first kappa shape index (κ1) is 34.6. The van der Waals surface area contributed by atoms with E-state index >= 15 is 0 Å². The number of rotatable bonds is 23. The van der Waals surface area contributed by atoms with Crippen LogP contribution in [0.4, 0.5) is 0 Å². The van der Waals surface area contributed by atoms with E-state index in [-0.39, 0.29) is 30.0 Å². The number of hydrogen-bond donors (Lipinski definition) is 4. The highest BCUT2D eigenvalue weighted by atomic mass is 16.5. The first-order valence-corrected chi connectivity index (χ1v) is 16.3. The lowest BCUT2D eigenvalue weighted by molar-refractivity contribution is -0.122. The predicted molar refractivity (Wildman–Crippen MR) is 174 cm³/mol. The fourth-order valence-corrected chi connectivity index (χ4v) is 4.93. The van der Waals surface area contributed by atoms with Crippen molar-refractivity contribution in [1.29, 1.82) is 0 Å². The number of fused-ring (bicyclic) bond motifs is 2. The average molecular weight is 639 g/mol. The molecule has 0 unspecified atom stereocenters. The largest absolute Gasteiger partial charge is 0.486 e. The maximum Gasteiger partial charge on any atom is 0.336 e. The standard InChI is InChI=1S/C33H46N6O7/c1-33(38-39-33)15-13-28(42)36-18-4-2-3-9-26(40)35-19-6-5-16-34-17-8-20-37-27(41)10-7-21-44-32-30-25(14-22-45-30)23-24-11-12-29(43)46-31(24)32/h11-12,14,22-23,34H,2-10,13,15-21H2,1H3,(H,35,40)(H,36,42)(H,37,41). The number of carbonyl (C=O) groups is 3. The molecule has 0 aliphatic carbocycles. The van der Waals surface area contributed by atoms with Crippen molar-refractivity contribution in [3.63, 3.8) is 0 Å². The molecule has 0 bridgehead atoms. The van der Waals surface area contributed by atoms with E-state index in [9.17, 15) is 19.2 Å². The summed E-state index contributed by atoms with van der Waals surface area (Å²) < 4.78 is 16.8. The molecule has 1 aliphatic heterocycles. The number of hydrogen-bond acceptors (Lipinski definition) is 10. The predicted octanol–water partition coefficient (Wildman–Crippen LogP) is 4.33. The number of nitrogens with one attached hydrogen (secondary N) is 4. The van der Waals surface area contributed by atoms with Gasteiger partial charge in [0, 0.05) is 62.2 Å². The van der Waals surface area contributed by atoms with Crippen molar-refractivity contribution in [2.24, 2.45) is 10.2 Å².